The Morgan fingerprint density at radius 2 is 1.96 bits per heavy atom. The van der Waals surface area contributed by atoms with Gasteiger partial charge in [0.25, 0.3) is 5.69 Å². The van der Waals surface area contributed by atoms with Crippen LogP contribution in [0.2, 0.25) is 0 Å². The van der Waals surface area contributed by atoms with E-state index in [2.05, 4.69) is 5.32 Å². The van der Waals surface area contributed by atoms with Gasteiger partial charge in [0, 0.05) is 12.1 Å². The highest BCUT2D eigenvalue weighted by Crippen LogP contribution is 2.28. The summed E-state index contributed by atoms with van der Waals surface area (Å²) in [6.07, 6.45) is 0. The van der Waals surface area contributed by atoms with Crippen LogP contribution < -0.4 is 15.2 Å². The topological polar surface area (TPSA) is 125 Å². The smallest absolute Gasteiger partial charge is 0.293 e. The molecule has 0 amide bonds. The van der Waals surface area contributed by atoms with Crippen molar-refractivity contribution >= 4 is 21.4 Å². The van der Waals surface area contributed by atoms with Gasteiger partial charge in [0.15, 0.2) is 11.6 Å². The van der Waals surface area contributed by atoms with E-state index in [1.165, 1.54) is 6.07 Å². The first-order valence-electron chi connectivity index (χ1n) is 7.23. The number of anilines is 1. The Labute approximate surface area is 147 Å². The van der Waals surface area contributed by atoms with Gasteiger partial charge in [0.1, 0.15) is 18.1 Å². The van der Waals surface area contributed by atoms with E-state index in [1.807, 2.05) is 0 Å². The molecule has 0 aromatic heterocycles. The summed E-state index contributed by atoms with van der Waals surface area (Å²) in [6, 6.07) is 5.48. The van der Waals surface area contributed by atoms with Crippen molar-refractivity contribution in [1.82, 2.24) is 0 Å². The predicted molar refractivity (Wildman–Crippen MR) is 89.4 cm³/mol. The van der Waals surface area contributed by atoms with E-state index < -0.39 is 43.2 Å². The molecule has 0 fully saturated rings. The summed E-state index contributed by atoms with van der Waals surface area (Å²) < 4.78 is 54.2. The second kappa shape index (κ2) is 7.62. The Bertz CT molecular complexity index is 937. The molecule has 2 aromatic rings. The van der Waals surface area contributed by atoms with E-state index in [0.29, 0.717) is 6.07 Å². The van der Waals surface area contributed by atoms with Crippen molar-refractivity contribution in [2.24, 2.45) is 5.14 Å². The molecule has 0 saturated heterocycles. The van der Waals surface area contributed by atoms with Crippen LogP contribution in [0.15, 0.2) is 41.3 Å². The molecular weight excluding hydrogens is 372 g/mol. The van der Waals surface area contributed by atoms with E-state index in [9.17, 15) is 27.3 Å². The lowest BCUT2D eigenvalue weighted by molar-refractivity contribution is -0.384. The Kier molecular flexibility index (Phi) is 5.73. The van der Waals surface area contributed by atoms with Crippen LogP contribution in [0.1, 0.15) is 6.92 Å². The maximum Gasteiger partial charge on any atom is 0.293 e. The zero-order valence-electron chi connectivity index (χ0n) is 13.5. The fourth-order valence-corrected chi connectivity index (χ4v) is 2.61. The van der Waals surface area contributed by atoms with Crippen LogP contribution in [-0.4, -0.2) is 26.0 Å². The fourth-order valence-electron chi connectivity index (χ4n) is 2.08. The van der Waals surface area contributed by atoms with E-state index in [4.69, 9.17) is 9.88 Å². The normalized spacial score (nSPS) is 12.5. The maximum atomic E-state index is 13.5. The molecule has 0 aliphatic rings. The molecule has 8 nitrogen and oxygen atoms in total. The summed E-state index contributed by atoms with van der Waals surface area (Å²) in [4.78, 5) is 10.00. The summed E-state index contributed by atoms with van der Waals surface area (Å²) >= 11 is 0. The first-order valence-corrected chi connectivity index (χ1v) is 8.78. The van der Waals surface area contributed by atoms with E-state index in [-0.39, 0.29) is 18.0 Å². The van der Waals surface area contributed by atoms with Gasteiger partial charge in [-0.3, -0.25) is 10.1 Å². The van der Waals surface area contributed by atoms with Gasteiger partial charge in [-0.25, -0.2) is 22.3 Å². The molecule has 3 N–H and O–H groups in total. The Morgan fingerprint density at radius 1 is 1.27 bits per heavy atom. The average Bonchev–Trinajstić information content (AvgIpc) is 2.53. The number of rotatable bonds is 7. The van der Waals surface area contributed by atoms with Crippen LogP contribution in [0, 0.1) is 21.7 Å². The summed E-state index contributed by atoms with van der Waals surface area (Å²) in [6.45, 7) is 1.52. The van der Waals surface area contributed by atoms with Gasteiger partial charge in [-0.2, -0.15) is 0 Å². The minimum absolute atomic E-state index is 0.0399. The van der Waals surface area contributed by atoms with E-state index in [1.54, 1.807) is 6.92 Å². The molecule has 2 aromatic carbocycles. The van der Waals surface area contributed by atoms with Gasteiger partial charge in [-0.15, -0.1) is 0 Å². The number of benzene rings is 2. The van der Waals surface area contributed by atoms with Gasteiger partial charge in [0.2, 0.25) is 10.0 Å². The molecule has 0 aliphatic heterocycles. The number of hydrogen-bond acceptors (Lipinski definition) is 6. The fraction of sp³-hybridized carbons (Fsp3) is 0.200. The summed E-state index contributed by atoms with van der Waals surface area (Å²) in [5.41, 5.74) is -0.450. The number of nitrogens with zero attached hydrogens (tertiary/aromatic N) is 1. The minimum Gasteiger partial charge on any atom is -0.488 e. The van der Waals surface area contributed by atoms with Gasteiger partial charge in [-0.1, -0.05) is 0 Å². The zero-order chi connectivity index (χ0) is 19.5. The van der Waals surface area contributed by atoms with Crippen LogP contribution in [0.25, 0.3) is 0 Å². The van der Waals surface area contributed by atoms with Crippen molar-refractivity contribution in [3.63, 3.8) is 0 Å². The van der Waals surface area contributed by atoms with Crippen molar-refractivity contribution < 1.29 is 26.9 Å². The highest BCUT2D eigenvalue weighted by molar-refractivity contribution is 7.89. The highest BCUT2D eigenvalue weighted by atomic mass is 32.2. The molecule has 2 rings (SSSR count). The molecule has 140 valence electrons. The molecule has 26 heavy (non-hydrogen) atoms. The number of sulfonamides is 1. The van der Waals surface area contributed by atoms with Crippen molar-refractivity contribution in [2.75, 3.05) is 11.9 Å². The van der Waals surface area contributed by atoms with Crippen LogP contribution in [-0.2, 0) is 10.0 Å². The molecular formula is C15H15F2N3O5S. The van der Waals surface area contributed by atoms with Crippen LogP contribution in [0.5, 0.6) is 5.75 Å². The largest absolute Gasteiger partial charge is 0.488 e. The quantitative estimate of drug-likeness (QED) is 0.555. The van der Waals surface area contributed by atoms with Crippen molar-refractivity contribution in [2.45, 2.75) is 17.9 Å². The number of ether oxygens (including phenoxy) is 1. The van der Waals surface area contributed by atoms with Crippen LogP contribution in [0.3, 0.4) is 0 Å². The van der Waals surface area contributed by atoms with Gasteiger partial charge in [-0.05, 0) is 31.2 Å². The predicted octanol–water partition coefficient (Wildman–Crippen LogP) is 2.40. The monoisotopic (exact) mass is 387 g/mol. The average molecular weight is 387 g/mol. The molecule has 0 saturated carbocycles. The molecule has 0 radical (unpaired) electrons. The van der Waals surface area contributed by atoms with Crippen molar-refractivity contribution in [3.05, 3.63) is 58.1 Å². The second-order valence-electron chi connectivity index (χ2n) is 5.41. The number of nitro benzene ring substituents is 1. The lowest BCUT2D eigenvalue weighted by Crippen LogP contribution is -2.24. The van der Waals surface area contributed by atoms with Crippen LogP contribution in [0.4, 0.5) is 20.2 Å². The SMILES string of the molecule is CC(COc1ccc(F)cc1F)Nc1ccc(S(N)(=O)=O)cc1[N+](=O)[O-]. The number of halogens is 2. The number of primary sulfonamides is 1. The molecule has 1 atom stereocenters. The molecule has 0 aliphatic carbocycles. The highest BCUT2D eigenvalue weighted by Gasteiger charge is 2.20. The maximum absolute atomic E-state index is 13.5. The molecule has 0 bridgehead atoms. The molecule has 0 heterocycles. The molecule has 11 heteroatoms. The van der Waals surface area contributed by atoms with E-state index >= 15 is 0 Å². The third kappa shape index (κ3) is 4.86. The van der Waals surface area contributed by atoms with Crippen molar-refractivity contribution in [1.29, 1.82) is 0 Å². The Morgan fingerprint density at radius 3 is 2.54 bits per heavy atom. The Hall–Kier alpha value is -2.79. The summed E-state index contributed by atoms with van der Waals surface area (Å²) in [5, 5.41) is 18.9. The number of hydrogen-bond donors (Lipinski definition) is 2. The molecule has 1 unspecified atom stereocenters. The van der Waals surface area contributed by atoms with E-state index in [0.717, 1.165) is 24.3 Å². The van der Waals surface area contributed by atoms with Gasteiger partial charge in [0.05, 0.1) is 15.9 Å². The first-order chi connectivity index (χ1) is 12.1. The second-order valence-corrected chi connectivity index (χ2v) is 6.97. The number of nitrogens with one attached hydrogen (secondary N) is 1. The summed E-state index contributed by atoms with van der Waals surface area (Å²) in [5.74, 6) is -1.79. The Balaban J connectivity index is 2.13. The number of nitro groups is 1. The molecule has 0 spiro atoms. The zero-order valence-corrected chi connectivity index (χ0v) is 14.3. The lowest BCUT2D eigenvalue weighted by atomic mass is 10.2. The van der Waals surface area contributed by atoms with Crippen LogP contribution >= 0.6 is 0 Å². The third-order valence-electron chi connectivity index (χ3n) is 3.28. The van der Waals surface area contributed by atoms with Gasteiger partial charge < -0.3 is 10.1 Å². The first kappa shape index (κ1) is 19.5. The third-order valence-corrected chi connectivity index (χ3v) is 4.19. The van der Waals surface area contributed by atoms with Crippen molar-refractivity contribution in [3.8, 4) is 5.75 Å². The minimum atomic E-state index is -4.09. The number of nitrogens with two attached hydrogens (primary N) is 1. The standard InChI is InChI=1S/C15H15F2N3O5S/c1-9(8-25-15-5-2-10(16)6-12(15)17)19-13-4-3-11(26(18,23)24)7-14(13)20(21)22/h2-7,9,19H,8H2,1H3,(H2,18,23,24). The lowest BCUT2D eigenvalue weighted by Gasteiger charge is -2.17. The van der Waals surface area contributed by atoms with Gasteiger partial charge >= 0.3 is 0 Å². The summed E-state index contributed by atoms with van der Waals surface area (Å²) in [7, 11) is -4.09.